The Kier molecular flexibility index (Phi) is 7.21. The van der Waals surface area contributed by atoms with Gasteiger partial charge in [-0.25, -0.2) is 13.1 Å². The van der Waals surface area contributed by atoms with E-state index in [1.165, 1.54) is 24.3 Å². The lowest BCUT2D eigenvalue weighted by Crippen LogP contribution is -2.43. The van der Waals surface area contributed by atoms with Gasteiger partial charge in [-0.3, -0.25) is 4.79 Å². The van der Waals surface area contributed by atoms with E-state index in [-0.39, 0.29) is 34.5 Å². The van der Waals surface area contributed by atoms with Crippen LogP contribution < -0.4 is 10.0 Å². The second-order valence-corrected chi connectivity index (χ2v) is 10.5. The van der Waals surface area contributed by atoms with Crippen molar-refractivity contribution in [3.8, 4) is 0 Å². The topological polar surface area (TPSA) is 95.5 Å². The summed E-state index contributed by atoms with van der Waals surface area (Å²) in [4.78, 5) is 12.5. The highest BCUT2D eigenvalue weighted by molar-refractivity contribution is 7.89. The van der Waals surface area contributed by atoms with E-state index in [2.05, 4.69) is 10.0 Å². The molecule has 3 N–H and O–H groups in total. The highest BCUT2D eigenvalue weighted by Crippen LogP contribution is 2.43. The fourth-order valence-electron chi connectivity index (χ4n) is 3.48. The van der Waals surface area contributed by atoms with Gasteiger partial charge in [0.15, 0.2) is 5.60 Å². The average molecular weight is 485 g/mol. The summed E-state index contributed by atoms with van der Waals surface area (Å²) in [5.41, 5.74) is -2.40. The first-order chi connectivity index (χ1) is 15.3. The molecule has 0 radical (unpaired) electrons. The van der Waals surface area contributed by atoms with E-state index in [9.17, 15) is 31.5 Å². The van der Waals surface area contributed by atoms with Crippen LogP contribution in [0.25, 0.3) is 0 Å². The summed E-state index contributed by atoms with van der Waals surface area (Å²) in [6.07, 6.45) is -3.71. The van der Waals surface area contributed by atoms with Gasteiger partial charge >= 0.3 is 6.18 Å². The second kappa shape index (κ2) is 9.44. The first kappa shape index (κ1) is 25.2. The zero-order chi connectivity index (χ0) is 24.4. The highest BCUT2D eigenvalue weighted by atomic mass is 32.2. The number of carbonyl (C=O) groups is 1. The van der Waals surface area contributed by atoms with Gasteiger partial charge in [0, 0.05) is 11.7 Å². The molecule has 1 unspecified atom stereocenters. The Labute approximate surface area is 191 Å². The van der Waals surface area contributed by atoms with Crippen molar-refractivity contribution in [1.82, 2.24) is 4.72 Å². The summed E-state index contributed by atoms with van der Waals surface area (Å²) in [5.74, 6) is -0.801. The molecule has 1 aliphatic rings. The van der Waals surface area contributed by atoms with Crippen LogP contribution in [-0.4, -0.2) is 31.6 Å². The molecule has 6 nitrogen and oxygen atoms in total. The lowest BCUT2D eigenvalue weighted by Gasteiger charge is -2.32. The summed E-state index contributed by atoms with van der Waals surface area (Å²) in [5, 5.41) is 12.9. The molecule has 0 heterocycles. The van der Waals surface area contributed by atoms with Crippen LogP contribution in [0, 0.1) is 5.92 Å². The molecular weight excluding hydrogens is 457 g/mol. The van der Waals surface area contributed by atoms with Gasteiger partial charge in [-0.05, 0) is 60.6 Å². The van der Waals surface area contributed by atoms with Gasteiger partial charge in [-0.1, -0.05) is 38.1 Å². The minimum Gasteiger partial charge on any atom is -0.376 e. The van der Waals surface area contributed by atoms with Crippen molar-refractivity contribution in [2.75, 3.05) is 5.32 Å². The Morgan fingerprint density at radius 1 is 1.06 bits per heavy atom. The first-order valence-electron chi connectivity index (χ1n) is 10.6. The number of nitrogens with one attached hydrogen (secondary N) is 2. The number of aliphatic hydroxyl groups is 1. The van der Waals surface area contributed by atoms with Crippen molar-refractivity contribution in [3.05, 3.63) is 59.7 Å². The van der Waals surface area contributed by atoms with Crippen molar-refractivity contribution in [3.63, 3.8) is 0 Å². The monoisotopic (exact) mass is 484 g/mol. The molecule has 0 aromatic heterocycles. The van der Waals surface area contributed by atoms with Crippen molar-refractivity contribution in [2.24, 2.45) is 5.92 Å². The molecule has 1 saturated carbocycles. The molecule has 2 aromatic rings. The maximum Gasteiger partial charge on any atom is 0.421 e. The fourth-order valence-corrected chi connectivity index (χ4v) is 4.79. The SMILES string of the molecule is CC(C)CC(O)(c1ccc(NC(=O)Cc2ccc(S(=O)(=O)NC3CC3)cc2)cc1)C(F)(F)F. The molecule has 1 fully saturated rings. The number of carbonyl (C=O) groups excluding carboxylic acids is 1. The summed E-state index contributed by atoms with van der Waals surface area (Å²) in [6.45, 7) is 3.19. The lowest BCUT2D eigenvalue weighted by molar-refractivity contribution is -0.272. The molecule has 3 rings (SSSR count). The smallest absolute Gasteiger partial charge is 0.376 e. The van der Waals surface area contributed by atoms with Crippen LogP contribution in [0.1, 0.15) is 44.2 Å². The molecule has 0 bridgehead atoms. The van der Waals surface area contributed by atoms with Crippen molar-refractivity contribution < 1.29 is 31.5 Å². The normalized spacial score (nSPS) is 16.5. The van der Waals surface area contributed by atoms with E-state index < -0.39 is 34.1 Å². The van der Waals surface area contributed by atoms with E-state index in [0.717, 1.165) is 25.0 Å². The van der Waals surface area contributed by atoms with E-state index in [0.29, 0.717) is 5.56 Å². The Balaban J connectivity index is 1.63. The third-order valence-electron chi connectivity index (χ3n) is 5.32. The zero-order valence-corrected chi connectivity index (χ0v) is 19.1. The number of halogens is 3. The van der Waals surface area contributed by atoms with Crippen molar-refractivity contribution >= 4 is 21.6 Å². The standard InChI is InChI=1S/C23H27F3N2O4S/c1-15(2)14-22(30,23(24,25)26)17-5-7-18(8-6-17)27-21(29)13-16-3-11-20(12-4-16)33(31,32)28-19-9-10-19/h3-8,11-12,15,19,28,30H,9-10,13-14H2,1-2H3,(H,27,29). The number of hydrogen-bond donors (Lipinski definition) is 3. The molecule has 1 amide bonds. The summed E-state index contributed by atoms with van der Waals surface area (Å²) in [6, 6.07) is 10.8. The van der Waals surface area contributed by atoms with Crippen LogP contribution in [0.4, 0.5) is 18.9 Å². The maximum absolute atomic E-state index is 13.5. The van der Waals surface area contributed by atoms with Gasteiger partial charge < -0.3 is 10.4 Å². The molecule has 10 heteroatoms. The van der Waals surface area contributed by atoms with Gasteiger partial charge in [-0.15, -0.1) is 0 Å². The largest absolute Gasteiger partial charge is 0.421 e. The van der Waals surface area contributed by atoms with Crippen LogP contribution in [-0.2, 0) is 26.8 Å². The van der Waals surface area contributed by atoms with Crippen LogP contribution in [0.5, 0.6) is 0 Å². The van der Waals surface area contributed by atoms with Gasteiger partial charge in [0.1, 0.15) is 0 Å². The number of amides is 1. The van der Waals surface area contributed by atoms with Gasteiger partial charge in [0.05, 0.1) is 11.3 Å². The molecule has 1 aliphatic carbocycles. The first-order valence-corrected chi connectivity index (χ1v) is 12.1. The molecule has 0 aliphatic heterocycles. The molecular formula is C23H27F3N2O4S. The highest BCUT2D eigenvalue weighted by Gasteiger charge is 2.54. The maximum atomic E-state index is 13.5. The van der Waals surface area contributed by atoms with Crippen molar-refractivity contribution in [1.29, 1.82) is 0 Å². The van der Waals surface area contributed by atoms with E-state index >= 15 is 0 Å². The van der Waals surface area contributed by atoms with Crippen LogP contribution in [0.15, 0.2) is 53.4 Å². The number of rotatable bonds is 9. The number of sulfonamides is 1. The number of benzene rings is 2. The Morgan fingerprint density at radius 2 is 1.64 bits per heavy atom. The molecule has 33 heavy (non-hydrogen) atoms. The average Bonchev–Trinajstić information content (AvgIpc) is 3.50. The van der Waals surface area contributed by atoms with Gasteiger partial charge in [0.2, 0.25) is 15.9 Å². The summed E-state index contributed by atoms with van der Waals surface area (Å²) >= 11 is 0. The Morgan fingerprint density at radius 3 is 2.12 bits per heavy atom. The summed E-state index contributed by atoms with van der Waals surface area (Å²) < 4.78 is 67.5. The minimum absolute atomic E-state index is 0.00987. The minimum atomic E-state index is -4.84. The van der Waals surface area contributed by atoms with Gasteiger partial charge in [0.25, 0.3) is 0 Å². The van der Waals surface area contributed by atoms with Crippen LogP contribution >= 0.6 is 0 Å². The molecule has 2 aromatic carbocycles. The molecule has 0 spiro atoms. The predicted molar refractivity (Wildman–Crippen MR) is 118 cm³/mol. The van der Waals surface area contributed by atoms with Crippen LogP contribution in [0.3, 0.4) is 0 Å². The van der Waals surface area contributed by atoms with Gasteiger partial charge in [-0.2, -0.15) is 13.2 Å². The van der Waals surface area contributed by atoms with E-state index in [1.54, 1.807) is 26.0 Å². The van der Waals surface area contributed by atoms with E-state index in [4.69, 9.17) is 0 Å². The molecule has 180 valence electrons. The quantitative estimate of drug-likeness (QED) is 0.499. The van der Waals surface area contributed by atoms with E-state index in [1.807, 2.05) is 0 Å². The zero-order valence-electron chi connectivity index (χ0n) is 18.3. The number of alkyl halides is 3. The second-order valence-electron chi connectivity index (χ2n) is 8.80. The fraction of sp³-hybridized carbons (Fsp3) is 0.435. The Hall–Kier alpha value is -2.43. The third kappa shape index (κ3) is 6.33. The predicted octanol–water partition coefficient (Wildman–Crippen LogP) is 4.10. The van der Waals surface area contributed by atoms with Crippen molar-refractivity contribution in [2.45, 2.75) is 62.2 Å². The number of anilines is 1. The molecule has 0 saturated heterocycles. The summed E-state index contributed by atoms with van der Waals surface area (Å²) in [7, 11) is -3.58. The third-order valence-corrected chi connectivity index (χ3v) is 6.85. The lowest BCUT2D eigenvalue weighted by atomic mass is 9.85. The molecule has 1 atom stereocenters. The van der Waals surface area contributed by atoms with Crippen LogP contribution in [0.2, 0.25) is 0 Å². The number of hydrogen-bond acceptors (Lipinski definition) is 4. The Bertz CT molecular complexity index is 1080.